The van der Waals surface area contributed by atoms with Gasteiger partial charge in [0.2, 0.25) is 0 Å². The van der Waals surface area contributed by atoms with Crippen molar-refractivity contribution in [2.24, 2.45) is 5.92 Å². The molecule has 202 valence electrons. The average Bonchev–Trinajstić information content (AvgIpc) is 3.13. The molecule has 0 unspecified atom stereocenters. The van der Waals surface area contributed by atoms with E-state index >= 15 is 0 Å². The smallest absolute Gasteiger partial charge is 0.416 e. The normalized spacial score (nSPS) is 20.8. The zero-order valence-electron chi connectivity index (χ0n) is 21.5. The maximum absolute atomic E-state index is 13.8. The molecular formula is C28H35F3N2O4. The predicted molar refractivity (Wildman–Crippen MR) is 133 cm³/mol. The molecule has 0 saturated heterocycles. The summed E-state index contributed by atoms with van der Waals surface area (Å²) in [6.07, 6.45) is 1.76. The van der Waals surface area contributed by atoms with Gasteiger partial charge in [-0.25, -0.2) is 0 Å². The molecule has 2 aromatic rings. The van der Waals surface area contributed by atoms with Crippen LogP contribution in [0.5, 0.6) is 0 Å². The van der Waals surface area contributed by atoms with Gasteiger partial charge in [-0.05, 0) is 74.9 Å². The Morgan fingerprint density at radius 1 is 1.11 bits per heavy atom. The van der Waals surface area contributed by atoms with Crippen LogP contribution in [-0.2, 0) is 27.9 Å². The van der Waals surface area contributed by atoms with Crippen LogP contribution in [0, 0.1) is 12.8 Å². The van der Waals surface area contributed by atoms with Crippen molar-refractivity contribution < 1.29 is 32.6 Å². The van der Waals surface area contributed by atoms with E-state index in [-0.39, 0.29) is 23.6 Å². The zero-order valence-corrected chi connectivity index (χ0v) is 21.5. The Balaban J connectivity index is 1.74. The molecule has 1 heterocycles. The quantitative estimate of drug-likeness (QED) is 0.436. The van der Waals surface area contributed by atoms with E-state index in [1.807, 2.05) is 11.5 Å². The molecule has 4 rings (SSSR count). The number of alkyl halides is 3. The number of ether oxygens (including phenoxy) is 1. The molecule has 2 aliphatic rings. The summed E-state index contributed by atoms with van der Waals surface area (Å²) in [6.45, 7) is 5.75. The number of halogens is 3. The summed E-state index contributed by atoms with van der Waals surface area (Å²) in [5.74, 6) is 0.0762. The number of benzene rings is 1. The molecule has 1 aromatic carbocycles. The number of aliphatic hydroxyl groups is 1. The number of amides is 1. The molecule has 6 nitrogen and oxygen atoms in total. The van der Waals surface area contributed by atoms with Crippen LogP contribution in [0.1, 0.15) is 86.0 Å². The van der Waals surface area contributed by atoms with Gasteiger partial charge in [0.15, 0.2) is 0 Å². The standard InChI is InChI=1S/C28H35F3N2O4/c1-17-24(26(35)32-22-12-23(13-22)37-16-34)14-25(33(17)15-18-7-5-4-6-8-18)19-9-20(27(2,3)36)11-21(10-19)28(29,30)31/h9-11,14,16,18,22-23,36H,4-8,12-13,15H2,1-3H3,(H,32,35)/t22-,23-. The number of hydrogen-bond acceptors (Lipinski definition) is 4. The second kappa shape index (κ2) is 10.5. The van der Waals surface area contributed by atoms with E-state index in [1.165, 1.54) is 20.3 Å². The highest BCUT2D eigenvalue weighted by Crippen LogP contribution is 2.38. The molecule has 0 atom stereocenters. The van der Waals surface area contributed by atoms with Gasteiger partial charge in [0.05, 0.1) is 16.7 Å². The van der Waals surface area contributed by atoms with Crippen molar-refractivity contribution >= 4 is 12.4 Å². The van der Waals surface area contributed by atoms with Gasteiger partial charge in [-0.3, -0.25) is 9.59 Å². The SMILES string of the molecule is Cc1c(C(=O)N[C@H]2C[C@H](OC=O)C2)cc(-c2cc(C(C)(C)O)cc(C(F)(F)F)c2)n1CC1CCCCC1. The molecule has 2 N–H and O–H groups in total. The van der Waals surface area contributed by atoms with E-state index in [0.29, 0.717) is 54.3 Å². The summed E-state index contributed by atoms with van der Waals surface area (Å²) in [4.78, 5) is 23.7. The Morgan fingerprint density at radius 3 is 2.35 bits per heavy atom. The lowest BCUT2D eigenvalue weighted by molar-refractivity contribution is -0.138. The first-order chi connectivity index (χ1) is 17.4. The highest BCUT2D eigenvalue weighted by atomic mass is 19.4. The molecule has 1 amide bonds. The summed E-state index contributed by atoms with van der Waals surface area (Å²) in [7, 11) is 0. The van der Waals surface area contributed by atoms with E-state index in [0.717, 1.165) is 37.8 Å². The van der Waals surface area contributed by atoms with Crippen LogP contribution >= 0.6 is 0 Å². The number of nitrogens with one attached hydrogen (secondary N) is 1. The van der Waals surface area contributed by atoms with Crippen molar-refractivity contribution in [3.8, 4) is 11.3 Å². The highest BCUT2D eigenvalue weighted by molar-refractivity contribution is 5.97. The fourth-order valence-electron chi connectivity index (χ4n) is 5.41. The van der Waals surface area contributed by atoms with Gasteiger partial charge in [-0.1, -0.05) is 19.3 Å². The summed E-state index contributed by atoms with van der Waals surface area (Å²) in [5.41, 5.74) is -0.216. The molecule has 37 heavy (non-hydrogen) atoms. The molecule has 0 spiro atoms. The monoisotopic (exact) mass is 520 g/mol. The Labute approximate surface area is 215 Å². The van der Waals surface area contributed by atoms with Gasteiger partial charge < -0.3 is 19.7 Å². The Morgan fingerprint density at radius 2 is 1.76 bits per heavy atom. The van der Waals surface area contributed by atoms with Crippen molar-refractivity contribution in [3.63, 3.8) is 0 Å². The number of carbonyl (C=O) groups excluding carboxylic acids is 2. The fraction of sp³-hybridized carbons (Fsp3) is 0.571. The molecule has 9 heteroatoms. The van der Waals surface area contributed by atoms with E-state index in [4.69, 9.17) is 4.74 Å². The lowest BCUT2D eigenvalue weighted by Crippen LogP contribution is -2.47. The fourth-order valence-corrected chi connectivity index (χ4v) is 5.41. The second-order valence-corrected chi connectivity index (χ2v) is 11.0. The maximum atomic E-state index is 13.8. The third-order valence-electron chi connectivity index (χ3n) is 7.72. The van der Waals surface area contributed by atoms with Gasteiger partial charge in [0, 0.05) is 36.8 Å². The average molecular weight is 521 g/mol. The largest absolute Gasteiger partial charge is 0.464 e. The summed E-state index contributed by atoms with van der Waals surface area (Å²) >= 11 is 0. The first-order valence-corrected chi connectivity index (χ1v) is 12.9. The minimum Gasteiger partial charge on any atom is -0.464 e. The van der Waals surface area contributed by atoms with Gasteiger partial charge in [0.1, 0.15) is 6.10 Å². The van der Waals surface area contributed by atoms with Crippen LogP contribution < -0.4 is 5.32 Å². The van der Waals surface area contributed by atoms with Crippen LogP contribution in [-0.4, -0.2) is 34.2 Å². The molecule has 2 saturated carbocycles. The third kappa shape index (κ3) is 6.20. The number of carbonyl (C=O) groups is 2. The number of hydrogen-bond donors (Lipinski definition) is 2. The lowest BCUT2D eigenvalue weighted by atomic mass is 9.89. The van der Waals surface area contributed by atoms with Crippen LogP contribution in [0.15, 0.2) is 24.3 Å². The lowest BCUT2D eigenvalue weighted by Gasteiger charge is -2.34. The van der Waals surface area contributed by atoms with Gasteiger partial charge >= 0.3 is 6.18 Å². The van der Waals surface area contributed by atoms with Gasteiger partial charge in [-0.2, -0.15) is 13.2 Å². The maximum Gasteiger partial charge on any atom is 0.416 e. The van der Waals surface area contributed by atoms with Crippen LogP contribution in [0.2, 0.25) is 0 Å². The molecule has 0 radical (unpaired) electrons. The molecule has 1 aromatic heterocycles. The van der Waals surface area contributed by atoms with Crippen LogP contribution in [0.3, 0.4) is 0 Å². The van der Waals surface area contributed by atoms with Crippen molar-refractivity contribution in [2.75, 3.05) is 0 Å². The molecule has 0 bridgehead atoms. The second-order valence-electron chi connectivity index (χ2n) is 11.0. The van der Waals surface area contributed by atoms with E-state index in [2.05, 4.69) is 5.32 Å². The molecular weight excluding hydrogens is 485 g/mol. The van der Waals surface area contributed by atoms with Crippen molar-refractivity contribution in [1.82, 2.24) is 9.88 Å². The van der Waals surface area contributed by atoms with Crippen molar-refractivity contribution in [3.05, 3.63) is 46.6 Å². The van der Waals surface area contributed by atoms with Crippen molar-refractivity contribution in [2.45, 2.75) is 96.2 Å². The topological polar surface area (TPSA) is 80.6 Å². The molecule has 0 aliphatic heterocycles. The molecule has 2 aliphatic carbocycles. The number of nitrogens with zero attached hydrogens (tertiary/aromatic N) is 1. The molecule has 2 fully saturated rings. The van der Waals surface area contributed by atoms with Gasteiger partial charge in [0.25, 0.3) is 12.4 Å². The Kier molecular flexibility index (Phi) is 7.74. The van der Waals surface area contributed by atoms with Crippen LogP contribution in [0.25, 0.3) is 11.3 Å². The minimum atomic E-state index is -4.59. The first-order valence-electron chi connectivity index (χ1n) is 12.9. The summed E-state index contributed by atoms with van der Waals surface area (Å²) in [6, 6.07) is 5.19. The number of rotatable bonds is 8. The third-order valence-corrected chi connectivity index (χ3v) is 7.72. The van der Waals surface area contributed by atoms with E-state index < -0.39 is 17.3 Å². The van der Waals surface area contributed by atoms with E-state index in [9.17, 15) is 27.9 Å². The summed E-state index contributed by atoms with van der Waals surface area (Å²) in [5, 5.41) is 13.5. The van der Waals surface area contributed by atoms with Gasteiger partial charge in [-0.15, -0.1) is 0 Å². The highest BCUT2D eigenvalue weighted by Gasteiger charge is 2.35. The van der Waals surface area contributed by atoms with Crippen molar-refractivity contribution in [1.29, 1.82) is 0 Å². The number of aromatic nitrogens is 1. The zero-order chi connectivity index (χ0) is 27.0. The minimum absolute atomic E-state index is 0.127. The summed E-state index contributed by atoms with van der Waals surface area (Å²) < 4.78 is 48.4. The van der Waals surface area contributed by atoms with Crippen LogP contribution in [0.4, 0.5) is 13.2 Å². The van der Waals surface area contributed by atoms with E-state index in [1.54, 1.807) is 12.1 Å². The Bertz CT molecular complexity index is 1110. The first kappa shape index (κ1) is 27.2. The predicted octanol–water partition coefficient (Wildman–Crippen LogP) is 5.72. The Hall–Kier alpha value is -2.81.